The Balaban J connectivity index is 2.50. The zero-order chi connectivity index (χ0) is 7.61. The normalized spacial score (nSPS) is 21.4. The van der Waals surface area contributed by atoms with E-state index in [1.807, 2.05) is 0 Å². The predicted octanol–water partition coefficient (Wildman–Crippen LogP) is 1.49. The van der Waals surface area contributed by atoms with E-state index in [1.54, 1.807) is 7.11 Å². The first-order valence-electron chi connectivity index (χ1n) is 3.29. The Hall–Kier alpha value is -0.810. The first-order valence-corrected chi connectivity index (χ1v) is 3.29. The summed E-state index contributed by atoms with van der Waals surface area (Å²) >= 11 is 0. The molecular weight excluding hydrogens is 126 g/mol. The molecule has 0 unspecified atom stereocenters. The predicted molar refractivity (Wildman–Crippen MR) is 38.3 cm³/mol. The molecule has 1 rings (SSSR count). The van der Waals surface area contributed by atoms with Gasteiger partial charge in [0.15, 0.2) is 0 Å². The van der Waals surface area contributed by atoms with Crippen LogP contribution < -0.4 is 0 Å². The minimum Gasteiger partial charge on any atom is -0.383 e. The fraction of sp³-hybridized carbons (Fsp3) is 0.625. The Labute approximate surface area is 61.1 Å². The van der Waals surface area contributed by atoms with E-state index >= 15 is 0 Å². The number of rotatable bonds is 2. The number of ether oxygens (including phenoxy) is 1. The van der Waals surface area contributed by atoms with Crippen molar-refractivity contribution in [3.05, 3.63) is 12.2 Å². The molecule has 10 heavy (non-hydrogen) atoms. The number of nitrogens with zero attached hydrogens (tertiary/aromatic N) is 1. The van der Waals surface area contributed by atoms with Gasteiger partial charge in [0.2, 0.25) is 0 Å². The Morgan fingerprint density at radius 2 is 2.40 bits per heavy atom. The van der Waals surface area contributed by atoms with Crippen molar-refractivity contribution in [3.63, 3.8) is 0 Å². The standard InChI is InChI=1S/C8H11NO/c1-7-3-8(4-7,5-9)6-10-2/h1,3-4,6H2,2H3. The molecule has 0 N–H and O–H groups in total. The van der Waals surface area contributed by atoms with Gasteiger partial charge in [-0.15, -0.1) is 0 Å². The van der Waals surface area contributed by atoms with E-state index in [1.165, 1.54) is 5.57 Å². The largest absolute Gasteiger partial charge is 0.383 e. The van der Waals surface area contributed by atoms with E-state index in [9.17, 15) is 0 Å². The van der Waals surface area contributed by atoms with Crippen molar-refractivity contribution in [2.24, 2.45) is 5.41 Å². The van der Waals surface area contributed by atoms with Crippen molar-refractivity contribution in [1.29, 1.82) is 5.26 Å². The van der Waals surface area contributed by atoms with E-state index in [-0.39, 0.29) is 5.41 Å². The highest BCUT2D eigenvalue weighted by molar-refractivity contribution is 5.23. The molecule has 0 aromatic heterocycles. The molecule has 0 spiro atoms. The molecular formula is C8H11NO. The maximum Gasteiger partial charge on any atom is 0.0880 e. The third-order valence-electron chi connectivity index (χ3n) is 1.83. The molecule has 0 heterocycles. The van der Waals surface area contributed by atoms with Gasteiger partial charge in [0.25, 0.3) is 0 Å². The molecule has 0 atom stereocenters. The van der Waals surface area contributed by atoms with Crippen molar-refractivity contribution >= 4 is 0 Å². The van der Waals surface area contributed by atoms with E-state index in [4.69, 9.17) is 10.00 Å². The molecule has 54 valence electrons. The van der Waals surface area contributed by atoms with Crippen LogP contribution in [0.3, 0.4) is 0 Å². The van der Waals surface area contributed by atoms with Crippen LogP contribution in [0, 0.1) is 16.7 Å². The Kier molecular flexibility index (Phi) is 1.78. The lowest BCUT2D eigenvalue weighted by atomic mass is 9.68. The fourth-order valence-corrected chi connectivity index (χ4v) is 1.40. The second-order valence-electron chi connectivity index (χ2n) is 2.93. The molecule has 0 amide bonds. The van der Waals surface area contributed by atoms with Crippen molar-refractivity contribution in [3.8, 4) is 6.07 Å². The molecule has 2 nitrogen and oxygen atoms in total. The molecule has 1 aliphatic carbocycles. The highest BCUT2D eigenvalue weighted by Crippen LogP contribution is 2.43. The average molecular weight is 137 g/mol. The van der Waals surface area contributed by atoms with Crippen LogP contribution in [0.25, 0.3) is 0 Å². The summed E-state index contributed by atoms with van der Waals surface area (Å²) in [5, 5.41) is 8.71. The van der Waals surface area contributed by atoms with Gasteiger partial charge in [0.05, 0.1) is 18.1 Å². The number of methoxy groups -OCH3 is 1. The third kappa shape index (κ3) is 1.05. The Morgan fingerprint density at radius 3 is 2.70 bits per heavy atom. The van der Waals surface area contributed by atoms with Crippen LogP contribution in [-0.4, -0.2) is 13.7 Å². The second-order valence-corrected chi connectivity index (χ2v) is 2.93. The maximum atomic E-state index is 8.71. The van der Waals surface area contributed by atoms with Crippen LogP contribution in [-0.2, 0) is 4.74 Å². The maximum absolute atomic E-state index is 8.71. The summed E-state index contributed by atoms with van der Waals surface area (Å²) in [5.74, 6) is 0. The molecule has 0 aliphatic heterocycles. The van der Waals surface area contributed by atoms with Crippen molar-refractivity contribution in [2.75, 3.05) is 13.7 Å². The zero-order valence-corrected chi connectivity index (χ0v) is 6.18. The van der Waals surface area contributed by atoms with Gasteiger partial charge in [-0.2, -0.15) is 5.26 Å². The lowest BCUT2D eigenvalue weighted by Gasteiger charge is -2.36. The van der Waals surface area contributed by atoms with Crippen LogP contribution in [0.5, 0.6) is 0 Å². The van der Waals surface area contributed by atoms with Crippen LogP contribution in [0.1, 0.15) is 12.8 Å². The van der Waals surface area contributed by atoms with Gasteiger partial charge >= 0.3 is 0 Å². The summed E-state index contributed by atoms with van der Waals surface area (Å²) in [6.07, 6.45) is 1.63. The van der Waals surface area contributed by atoms with Gasteiger partial charge in [-0.3, -0.25) is 0 Å². The molecule has 0 saturated heterocycles. The minimum atomic E-state index is -0.230. The molecule has 2 heteroatoms. The monoisotopic (exact) mass is 137 g/mol. The molecule has 1 aliphatic rings. The lowest BCUT2D eigenvalue weighted by molar-refractivity contribution is 0.0912. The quantitative estimate of drug-likeness (QED) is 0.540. The minimum absolute atomic E-state index is 0.230. The Bertz CT molecular complexity index is 182. The van der Waals surface area contributed by atoms with Gasteiger partial charge in [-0.1, -0.05) is 12.2 Å². The summed E-state index contributed by atoms with van der Waals surface area (Å²) < 4.78 is 4.92. The molecule has 1 saturated carbocycles. The average Bonchev–Trinajstić information content (AvgIpc) is 1.84. The van der Waals surface area contributed by atoms with Gasteiger partial charge < -0.3 is 4.74 Å². The van der Waals surface area contributed by atoms with Crippen molar-refractivity contribution in [2.45, 2.75) is 12.8 Å². The number of nitriles is 1. The second kappa shape index (κ2) is 2.43. The molecule has 0 bridgehead atoms. The molecule has 0 aromatic rings. The van der Waals surface area contributed by atoms with Crippen LogP contribution in [0.4, 0.5) is 0 Å². The smallest absolute Gasteiger partial charge is 0.0880 e. The van der Waals surface area contributed by atoms with Crippen LogP contribution in [0.2, 0.25) is 0 Å². The first-order chi connectivity index (χ1) is 4.72. The van der Waals surface area contributed by atoms with Gasteiger partial charge in [-0.25, -0.2) is 0 Å². The summed E-state index contributed by atoms with van der Waals surface area (Å²) in [5.41, 5.74) is 0.935. The topological polar surface area (TPSA) is 33.0 Å². The lowest BCUT2D eigenvalue weighted by Crippen LogP contribution is -2.33. The van der Waals surface area contributed by atoms with E-state index in [0.717, 1.165) is 12.8 Å². The van der Waals surface area contributed by atoms with Crippen LogP contribution >= 0.6 is 0 Å². The van der Waals surface area contributed by atoms with Crippen LogP contribution in [0.15, 0.2) is 12.2 Å². The summed E-state index contributed by atoms with van der Waals surface area (Å²) in [7, 11) is 1.63. The summed E-state index contributed by atoms with van der Waals surface area (Å²) in [4.78, 5) is 0. The first kappa shape index (κ1) is 7.30. The van der Waals surface area contributed by atoms with Gasteiger partial charge in [0, 0.05) is 7.11 Å². The Morgan fingerprint density at radius 1 is 1.80 bits per heavy atom. The van der Waals surface area contributed by atoms with E-state index < -0.39 is 0 Å². The van der Waals surface area contributed by atoms with Crippen molar-refractivity contribution < 1.29 is 4.74 Å². The van der Waals surface area contributed by atoms with Crippen molar-refractivity contribution in [1.82, 2.24) is 0 Å². The molecule has 1 fully saturated rings. The molecule has 0 aromatic carbocycles. The number of allylic oxidation sites excluding steroid dienone is 1. The number of hydrogen-bond acceptors (Lipinski definition) is 2. The number of hydrogen-bond donors (Lipinski definition) is 0. The summed E-state index contributed by atoms with van der Waals surface area (Å²) in [6.45, 7) is 4.32. The summed E-state index contributed by atoms with van der Waals surface area (Å²) in [6, 6.07) is 2.26. The zero-order valence-electron chi connectivity index (χ0n) is 6.18. The van der Waals surface area contributed by atoms with E-state index in [2.05, 4.69) is 12.6 Å². The molecule has 0 radical (unpaired) electrons. The van der Waals surface area contributed by atoms with Gasteiger partial charge in [-0.05, 0) is 12.8 Å². The highest BCUT2D eigenvalue weighted by Gasteiger charge is 2.39. The third-order valence-corrected chi connectivity index (χ3v) is 1.83. The fourth-order valence-electron chi connectivity index (χ4n) is 1.40. The van der Waals surface area contributed by atoms with Gasteiger partial charge in [0.1, 0.15) is 0 Å². The highest BCUT2D eigenvalue weighted by atomic mass is 16.5. The SMILES string of the molecule is C=C1CC(C#N)(COC)C1. The van der Waals surface area contributed by atoms with E-state index in [0.29, 0.717) is 6.61 Å².